The molecule has 2 aromatic heterocycles. The van der Waals surface area contributed by atoms with Crippen molar-refractivity contribution in [1.82, 2.24) is 14.8 Å². The standard InChI is InChI=1S/C13H10BrN3/c14-8-10-5-3-7-15-13(10)17-12-6-2-1-4-11(12)9-16-17/h1-7,9H,8H2. The van der Waals surface area contributed by atoms with E-state index in [2.05, 4.69) is 38.1 Å². The zero-order chi connectivity index (χ0) is 11.7. The normalized spacial score (nSPS) is 10.9. The maximum absolute atomic E-state index is 4.41. The number of hydrogen-bond donors (Lipinski definition) is 0. The first-order valence-corrected chi connectivity index (χ1v) is 6.45. The van der Waals surface area contributed by atoms with Crippen molar-refractivity contribution in [3.8, 4) is 5.82 Å². The van der Waals surface area contributed by atoms with Crippen LogP contribution in [0, 0.1) is 0 Å². The fourth-order valence-electron chi connectivity index (χ4n) is 1.87. The first-order chi connectivity index (χ1) is 8.40. The molecule has 3 rings (SSSR count). The van der Waals surface area contributed by atoms with Crippen LogP contribution in [-0.4, -0.2) is 14.8 Å². The number of halogens is 1. The number of aromatic nitrogens is 3. The molecule has 0 amide bonds. The van der Waals surface area contributed by atoms with Crippen LogP contribution < -0.4 is 0 Å². The largest absolute Gasteiger partial charge is 0.237 e. The van der Waals surface area contributed by atoms with Gasteiger partial charge >= 0.3 is 0 Å². The van der Waals surface area contributed by atoms with Crippen LogP contribution in [0.5, 0.6) is 0 Å². The second-order valence-electron chi connectivity index (χ2n) is 3.73. The van der Waals surface area contributed by atoms with Crippen molar-refractivity contribution in [2.75, 3.05) is 0 Å². The first kappa shape index (κ1) is 10.5. The van der Waals surface area contributed by atoms with E-state index in [4.69, 9.17) is 0 Å². The lowest BCUT2D eigenvalue weighted by atomic mass is 10.2. The van der Waals surface area contributed by atoms with E-state index in [1.165, 1.54) is 0 Å². The van der Waals surface area contributed by atoms with Crippen molar-refractivity contribution in [2.24, 2.45) is 0 Å². The summed E-state index contributed by atoms with van der Waals surface area (Å²) in [5.41, 5.74) is 2.20. The number of rotatable bonds is 2. The predicted octanol–water partition coefficient (Wildman–Crippen LogP) is 3.32. The average Bonchev–Trinajstić information content (AvgIpc) is 2.82. The predicted molar refractivity (Wildman–Crippen MR) is 71.5 cm³/mol. The Balaban J connectivity index is 2.27. The maximum Gasteiger partial charge on any atom is 0.158 e. The summed E-state index contributed by atoms with van der Waals surface area (Å²) in [5, 5.41) is 6.30. The van der Waals surface area contributed by atoms with Gasteiger partial charge in [0.1, 0.15) is 0 Å². The number of benzene rings is 1. The van der Waals surface area contributed by atoms with E-state index in [-0.39, 0.29) is 0 Å². The summed E-state index contributed by atoms with van der Waals surface area (Å²) in [6.07, 6.45) is 3.65. The Morgan fingerprint density at radius 2 is 2.00 bits per heavy atom. The monoisotopic (exact) mass is 287 g/mol. The van der Waals surface area contributed by atoms with Crippen LogP contribution >= 0.6 is 15.9 Å². The van der Waals surface area contributed by atoms with Gasteiger partial charge in [-0.2, -0.15) is 5.10 Å². The highest BCUT2D eigenvalue weighted by Crippen LogP contribution is 2.20. The molecule has 0 N–H and O–H groups in total. The SMILES string of the molecule is BrCc1cccnc1-n1ncc2ccccc21. The number of nitrogens with zero attached hydrogens (tertiary/aromatic N) is 3. The molecule has 2 heterocycles. The Bertz CT molecular complexity index is 660. The molecule has 0 saturated heterocycles. The molecule has 0 aliphatic carbocycles. The van der Waals surface area contributed by atoms with Crippen molar-refractivity contribution >= 4 is 26.8 Å². The quantitative estimate of drug-likeness (QED) is 0.677. The molecule has 0 bridgehead atoms. The molecule has 0 fully saturated rings. The Morgan fingerprint density at radius 3 is 2.88 bits per heavy atom. The third kappa shape index (κ3) is 1.74. The molecule has 1 aromatic carbocycles. The molecule has 84 valence electrons. The highest BCUT2D eigenvalue weighted by atomic mass is 79.9. The van der Waals surface area contributed by atoms with Crippen LogP contribution in [0.4, 0.5) is 0 Å². The third-order valence-corrected chi connectivity index (χ3v) is 3.29. The van der Waals surface area contributed by atoms with Crippen LogP contribution in [0.2, 0.25) is 0 Å². The van der Waals surface area contributed by atoms with Crippen molar-refractivity contribution in [3.63, 3.8) is 0 Å². The smallest absolute Gasteiger partial charge is 0.158 e. The van der Waals surface area contributed by atoms with Crippen molar-refractivity contribution in [2.45, 2.75) is 5.33 Å². The van der Waals surface area contributed by atoms with Crippen LogP contribution in [0.3, 0.4) is 0 Å². The topological polar surface area (TPSA) is 30.7 Å². The van der Waals surface area contributed by atoms with Gasteiger partial charge in [-0.25, -0.2) is 9.67 Å². The number of fused-ring (bicyclic) bond motifs is 1. The minimum absolute atomic E-state index is 0.768. The summed E-state index contributed by atoms with van der Waals surface area (Å²) < 4.78 is 1.88. The van der Waals surface area contributed by atoms with E-state index in [0.29, 0.717) is 0 Å². The van der Waals surface area contributed by atoms with Crippen molar-refractivity contribution in [1.29, 1.82) is 0 Å². The van der Waals surface area contributed by atoms with E-state index < -0.39 is 0 Å². The van der Waals surface area contributed by atoms with Gasteiger partial charge in [-0.1, -0.05) is 40.2 Å². The molecule has 3 aromatic rings. The number of pyridine rings is 1. The fourth-order valence-corrected chi connectivity index (χ4v) is 2.30. The number of para-hydroxylation sites is 1. The molecule has 0 atom stereocenters. The van der Waals surface area contributed by atoms with Gasteiger partial charge in [-0.05, 0) is 12.1 Å². The van der Waals surface area contributed by atoms with Crippen LogP contribution in [0.1, 0.15) is 5.56 Å². The Labute approximate surface area is 107 Å². The lowest BCUT2D eigenvalue weighted by molar-refractivity contribution is 0.863. The van der Waals surface area contributed by atoms with Gasteiger partial charge in [0.05, 0.1) is 11.7 Å². The molecule has 17 heavy (non-hydrogen) atoms. The highest BCUT2D eigenvalue weighted by molar-refractivity contribution is 9.08. The van der Waals surface area contributed by atoms with Crippen molar-refractivity contribution in [3.05, 3.63) is 54.4 Å². The van der Waals surface area contributed by atoms with Crippen LogP contribution in [0.25, 0.3) is 16.7 Å². The van der Waals surface area contributed by atoms with Crippen LogP contribution in [0.15, 0.2) is 48.8 Å². The van der Waals surface area contributed by atoms with Gasteiger partial charge in [0.2, 0.25) is 0 Å². The van der Waals surface area contributed by atoms with Crippen molar-refractivity contribution < 1.29 is 0 Å². The second-order valence-corrected chi connectivity index (χ2v) is 4.30. The molecule has 3 nitrogen and oxygen atoms in total. The number of hydrogen-bond acceptors (Lipinski definition) is 2. The zero-order valence-electron chi connectivity index (χ0n) is 9.05. The minimum Gasteiger partial charge on any atom is -0.237 e. The maximum atomic E-state index is 4.41. The van der Waals surface area contributed by atoms with E-state index >= 15 is 0 Å². The van der Waals surface area contributed by atoms with Gasteiger partial charge < -0.3 is 0 Å². The third-order valence-electron chi connectivity index (χ3n) is 2.69. The minimum atomic E-state index is 0.768. The molecule has 0 aliphatic rings. The van der Waals surface area contributed by atoms with Gasteiger partial charge in [0.25, 0.3) is 0 Å². The molecule has 0 saturated carbocycles. The van der Waals surface area contributed by atoms with E-state index in [1.54, 1.807) is 6.20 Å². The van der Waals surface area contributed by atoms with Gasteiger partial charge in [-0.15, -0.1) is 0 Å². The van der Waals surface area contributed by atoms with E-state index in [9.17, 15) is 0 Å². The molecule has 4 heteroatoms. The summed E-state index contributed by atoms with van der Waals surface area (Å²) in [5.74, 6) is 0.880. The summed E-state index contributed by atoms with van der Waals surface area (Å²) in [4.78, 5) is 4.41. The van der Waals surface area contributed by atoms with E-state index in [0.717, 1.165) is 27.6 Å². The van der Waals surface area contributed by atoms with Gasteiger partial charge in [0, 0.05) is 22.5 Å². The highest BCUT2D eigenvalue weighted by Gasteiger charge is 2.08. The Kier molecular flexibility index (Phi) is 2.65. The Hall–Kier alpha value is -1.68. The van der Waals surface area contributed by atoms with Gasteiger partial charge in [-0.3, -0.25) is 0 Å². The molecule has 0 radical (unpaired) electrons. The second kappa shape index (κ2) is 4.30. The Morgan fingerprint density at radius 1 is 1.12 bits per heavy atom. The van der Waals surface area contributed by atoms with E-state index in [1.807, 2.05) is 35.1 Å². The number of alkyl halides is 1. The lowest BCUT2D eigenvalue weighted by Crippen LogP contribution is -2.02. The molecule has 0 aliphatic heterocycles. The molecule has 0 spiro atoms. The summed E-state index contributed by atoms with van der Waals surface area (Å²) in [7, 11) is 0. The lowest BCUT2D eigenvalue weighted by Gasteiger charge is -2.06. The summed E-state index contributed by atoms with van der Waals surface area (Å²) >= 11 is 3.48. The average molecular weight is 288 g/mol. The summed E-state index contributed by atoms with van der Waals surface area (Å²) in [6.45, 7) is 0. The zero-order valence-corrected chi connectivity index (χ0v) is 10.6. The molecular weight excluding hydrogens is 278 g/mol. The first-order valence-electron chi connectivity index (χ1n) is 5.33. The van der Waals surface area contributed by atoms with Crippen LogP contribution in [-0.2, 0) is 5.33 Å². The van der Waals surface area contributed by atoms with Gasteiger partial charge in [0.15, 0.2) is 5.82 Å². The fraction of sp³-hybridized carbons (Fsp3) is 0.0769. The summed E-state index contributed by atoms with van der Waals surface area (Å²) in [6, 6.07) is 12.1. The molecular formula is C13H10BrN3. The molecule has 0 unspecified atom stereocenters.